The molecule has 5 rings (SSSR count). The molecule has 7 nitrogen and oxygen atoms in total. The molecule has 0 unspecified atom stereocenters. The minimum atomic E-state index is -0.302. The standard InChI is InChI=1S/C19H18N4O3/c24-16(11-23-17(25)12-5-1-2-6-13(12)18(23)26)22-10-9-21-15-8-4-3-7-14(15)20-19(21)22/h1-4,7-8,12-13H,5-6,9-11H2/t12-,13-/m1/s1. The fraction of sp³-hybridized carbons (Fsp3) is 0.368. The van der Waals surface area contributed by atoms with E-state index in [9.17, 15) is 14.4 Å². The number of amides is 3. The number of aromatic nitrogens is 2. The van der Waals surface area contributed by atoms with Gasteiger partial charge in [-0.2, -0.15) is 0 Å². The van der Waals surface area contributed by atoms with Gasteiger partial charge in [-0.15, -0.1) is 0 Å². The van der Waals surface area contributed by atoms with Crippen molar-refractivity contribution >= 4 is 34.7 Å². The van der Waals surface area contributed by atoms with E-state index in [0.29, 0.717) is 31.9 Å². The number of carbonyl (C=O) groups excluding carboxylic acids is 3. The highest BCUT2D eigenvalue weighted by atomic mass is 16.2. The van der Waals surface area contributed by atoms with E-state index >= 15 is 0 Å². The second-order valence-corrected chi connectivity index (χ2v) is 7.02. The number of nitrogens with zero attached hydrogens (tertiary/aromatic N) is 4. The SMILES string of the molecule is O=C1[C@@H]2CC=CC[C@H]2C(=O)N1CC(=O)N1CCn2c1nc1ccccc12. The molecule has 3 heterocycles. The van der Waals surface area contributed by atoms with Crippen molar-refractivity contribution in [2.24, 2.45) is 11.8 Å². The van der Waals surface area contributed by atoms with Gasteiger partial charge in [0.1, 0.15) is 6.54 Å². The summed E-state index contributed by atoms with van der Waals surface area (Å²) in [5, 5.41) is 0. The summed E-state index contributed by atoms with van der Waals surface area (Å²) in [6, 6.07) is 7.74. The Labute approximate surface area is 149 Å². The van der Waals surface area contributed by atoms with Gasteiger partial charge in [-0.05, 0) is 25.0 Å². The van der Waals surface area contributed by atoms with Gasteiger partial charge in [-0.25, -0.2) is 4.98 Å². The van der Waals surface area contributed by atoms with Crippen LogP contribution in [-0.4, -0.2) is 45.3 Å². The number of benzene rings is 1. The van der Waals surface area contributed by atoms with Gasteiger partial charge in [0.2, 0.25) is 23.7 Å². The number of para-hydroxylation sites is 2. The molecule has 1 aromatic heterocycles. The Morgan fingerprint density at radius 3 is 2.46 bits per heavy atom. The zero-order valence-corrected chi connectivity index (χ0v) is 14.2. The molecule has 0 spiro atoms. The largest absolute Gasteiger partial charge is 0.308 e. The first-order valence-corrected chi connectivity index (χ1v) is 8.91. The molecule has 3 amide bonds. The molecule has 0 radical (unpaired) electrons. The van der Waals surface area contributed by atoms with Crippen LogP contribution in [0.3, 0.4) is 0 Å². The molecule has 3 aliphatic rings. The van der Waals surface area contributed by atoms with Crippen LogP contribution in [0.1, 0.15) is 12.8 Å². The molecule has 0 N–H and O–H groups in total. The summed E-state index contributed by atoms with van der Waals surface area (Å²) in [7, 11) is 0. The van der Waals surface area contributed by atoms with Crippen LogP contribution in [-0.2, 0) is 20.9 Å². The summed E-state index contributed by atoms with van der Waals surface area (Å²) in [4.78, 5) is 45.3. The quantitative estimate of drug-likeness (QED) is 0.605. The number of rotatable bonds is 2. The summed E-state index contributed by atoms with van der Waals surface area (Å²) < 4.78 is 2.00. The van der Waals surface area contributed by atoms with E-state index in [1.165, 1.54) is 0 Å². The number of imidazole rings is 1. The maximum Gasteiger partial charge on any atom is 0.249 e. The number of imide groups is 1. The van der Waals surface area contributed by atoms with Crippen molar-refractivity contribution in [2.75, 3.05) is 18.0 Å². The first kappa shape index (κ1) is 15.3. The summed E-state index contributed by atoms with van der Waals surface area (Å²) in [6.07, 6.45) is 5.06. The normalized spacial score (nSPS) is 24.5. The van der Waals surface area contributed by atoms with E-state index in [0.717, 1.165) is 15.9 Å². The Kier molecular flexibility index (Phi) is 3.25. The van der Waals surface area contributed by atoms with Crippen LogP contribution in [0.4, 0.5) is 5.95 Å². The summed E-state index contributed by atoms with van der Waals surface area (Å²) in [6.45, 7) is 0.975. The van der Waals surface area contributed by atoms with Gasteiger partial charge in [0.15, 0.2) is 0 Å². The molecule has 132 valence electrons. The van der Waals surface area contributed by atoms with Crippen LogP contribution in [0.5, 0.6) is 0 Å². The van der Waals surface area contributed by atoms with Crippen LogP contribution in [0, 0.1) is 11.8 Å². The number of hydrogen-bond acceptors (Lipinski definition) is 4. The number of fused-ring (bicyclic) bond motifs is 4. The molecule has 1 fully saturated rings. The molecule has 0 bridgehead atoms. The monoisotopic (exact) mass is 350 g/mol. The molecule has 7 heteroatoms. The van der Waals surface area contributed by atoms with Crippen molar-refractivity contribution in [3.8, 4) is 0 Å². The van der Waals surface area contributed by atoms with Crippen LogP contribution in [0.2, 0.25) is 0 Å². The molecule has 1 saturated heterocycles. The van der Waals surface area contributed by atoms with Gasteiger partial charge in [0, 0.05) is 13.1 Å². The molecular formula is C19H18N4O3. The van der Waals surface area contributed by atoms with E-state index in [1.54, 1.807) is 4.90 Å². The van der Waals surface area contributed by atoms with Crippen LogP contribution >= 0.6 is 0 Å². The van der Waals surface area contributed by atoms with Gasteiger partial charge in [-0.1, -0.05) is 24.3 Å². The lowest BCUT2D eigenvalue weighted by Gasteiger charge is -2.19. The zero-order valence-electron chi connectivity index (χ0n) is 14.2. The van der Waals surface area contributed by atoms with Crippen molar-refractivity contribution in [1.82, 2.24) is 14.5 Å². The highest BCUT2D eigenvalue weighted by Gasteiger charge is 2.48. The maximum atomic E-state index is 12.8. The molecule has 1 aromatic carbocycles. The Hall–Kier alpha value is -2.96. The number of carbonyl (C=O) groups is 3. The van der Waals surface area contributed by atoms with Gasteiger partial charge < -0.3 is 4.57 Å². The molecule has 26 heavy (non-hydrogen) atoms. The highest BCUT2D eigenvalue weighted by molar-refractivity contribution is 6.09. The fourth-order valence-electron chi connectivity index (χ4n) is 4.27. The second-order valence-electron chi connectivity index (χ2n) is 7.02. The fourth-order valence-corrected chi connectivity index (χ4v) is 4.27. The van der Waals surface area contributed by atoms with Crippen LogP contribution in [0.15, 0.2) is 36.4 Å². The Morgan fingerprint density at radius 1 is 1.04 bits per heavy atom. The van der Waals surface area contributed by atoms with Crippen LogP contribution < -0.4 is 4.90 Å². The van der Waals surface area contributed by atoms with Crippen LogP contribution in [0.25, 0.3) is 11.0 Å². The maximum absolute atomic E-state index is 12.8. The third-order valence-electron chi connectivity index (χ3n) is 5.62. The molecule has 2 aliphatic heterocycles. The lowest BCUT2D eigenvalue weighted by molar-refractivity contribution is -0.143. The summed E-state index contributed by atoms with van der Waals surface area (Å²) in [5.74, 6) is -0.704. The predicted octanol–water partition coefficient (Wildman–Crippen LogP) is 1.33. The second kappa shape index (κ2) is 5.52. The predicted molar refractivity (Wildman–Crippen MR) is 94.2 cm³/mol. The third kappa shape index (κ3) is 2.06. The van der Waals surface area contributed by atoms with E-state index in [2.05, 4.69) is 4.98 Å². The van der Waals surface area contributed by atoms with Crippen molar-refractivity contribution < 1.29 is 14.4 Å². The zero-order chi connectivity index (χ0) is 17.8. The minimum Gasteiger partial charge on any atom is -0.308 e. The van der Waals surface area contributed by atoms with Gasteiger partial charge in [0.25, 0.3) is 0 Å². The smallest absolute Gasteiger partial charge is 0.249 e. The van der Waals surface area contributed by atoms with Crippen molar-refractivity contribution in [1.29, 1.82) is 0 Å². The number of likely N-dealkylation sites (tertiary alicyclic amines) is 1. The Bertz CT molecular complexity index is 950. The number of hydrogen-bond donors (Lipinski definition) is 0. The van der Waals surface area contributed by atoms with Crippen molar-refractivity contribution in [3.63, 3.8) is 0 Å². The summed E-state index contributed by atoms with van der Waals surface area (Å²) in [5.41, 5.74) is 1.83. The topological polar surface area (TPSA) is 75.5 Å². The molecule has 0 saturated carbocycles. The average Bonchev–Trinajstić information content (AvgIpc) is 3.29. The molecule has 2 aromatic rings. The lowest BCUT2D eigenvalue weighted by Crippen LogP contribution is -2.43. The van der Waals surface area contributed by atoms with Gasteiger partial charge in [0.05, 0.1) is 22.9 Å². The van der Waals surface area contributed by atoms with E-state index in [4.69, 9.17) is 0 Å². The Balaban J connectivity index is 1.39. The minimum absolute atomic E-state index is 0.201. The first-order valence-electron chi connectivity index (χ1n) is 8.91. The first-order chi connectivity index (χ1) is 12.6. The van der Waals surface area contributed by atoms with Gasteiger partial charge >= 0.3 is 0 Å². The third-order valence-corrected chi connectivity index (χ3v) is 5.62. The molecule has 2 atom stereocenters. The van der Waals surface area contributed by atoms with Gasteiger partial charge in [-0.3, -0.25) is 24.2 Å². The Morgan fingerprint density at radius 2 is 1.73 bits per heavy atom. The number of anilines is 1. The molecule has 1 aliphatic carbocycles. The highest BCUT2D eigenvalue weighted by Crippen LogP contribution is 2.35. The van der Waals surface area contributed by atoms with Crippen molar-refractivity contribution in [2.45, 2.75) is 19.4 Å². The number of allylic oxidation sites excluding steroid dienone is 2. The average molecular weight is 350 g/mol. The summed E-state index contributed by atoms with van der Waals surface area (Å²) >= 11 is 0. The van der Waals surface area contributed by atoms with E-state index in [-0.39, 0.29) is 36.1 Å². The molecular weight excluding hydrogens is 332 g/mol. The van der Waals surface area contributed by atoms with E-state index < -0.39 is 0 Å². The van der Waals surface area contributed by atoms with Crippen molar-refractivity contribution in [3.05, 3.63) is 36.4 Å². The van der Waals surface area contributed by atoms with E-state index in [1.807, 2.05) is 41.0 Å². The lowest BCUT2D eigenvalue weighted by atomic mass is 9.85.